The number of allylic oxidation sites excluding steroid dienone is 1. The molecule has 0 bridgehead atoms. The lowest BCUT2D eigenvalue weighted by molar-refractivity contribution is 0.706. The Hall–Kier alpha value is -1.24. The fourth-order valence-corrected chi connectivity index (χ4v) is 2.52. The minimum Gasteiger partial charge on any atom is -0.376 e. The molecule has 0 spiro atoms. The summed E-state index contributed by atoms with van der Waals surface area (Å²) in [6.07, 6.45) is 3.42. The Morgan fingerprint density at radius 1 is 1.19 bits per heavy atom. The Bertz CT molecular complexity index is 453. The van der Waals surface area contributed by atoms with Crippen molar-refractivity contribution >= 4 is 11.3 Å². The topological polar surface area (TPSA) is 12.0 Å². The number of rotatable bonds is 1. The van der Waals surface area contributed by atoms with Crippen molar-refractivity contribution in [3.05, 3.63) is 34.9 Å². The highest BCUT2D eigenvalue weighted by Crippen LogP contribution is 2.36. The van der Waals surface area contributed by atoms with E-state index in [4.69, 9.17) is 0 Å². The molecule has 0 unspecified atom stereocenters. The number of anilines is 1. The van der Waals surface area contributed by atoms with Gasteiger partial charge in [0, 0.05) is 11.3 Å². The van der Waals surface area contributed by atoms with Crippen molar-refractivity contribution in [3.63, 3.8) is 0 Å². The molecular weight excluding hydrogens is 194 g/mol. The van der Waals surface area contributed by atoms with Gasteiger partial charge in [0.05, 0.1) is 5.54 Å². The van der Waals surface area contributed by atoms with Crippen LogP contribution in [0.1, 0.15) is 44.4 Å². The average molecular weight is 215 g/mol. The monoisotopic (exact) mass is 215 g/mol. The van der Waals surface area contributed by atoms with Crippen molar-refractivity contribution in [2.45, 2.75) is 46.6 Å². The van der Waals surface area contributed by atoms with Gasteiger partial charge in [-0.3, -0.25) is 0 Å². The largest absolute Gasteiger partial charge is 0.376 e. The molecule has 1 aromatic rings. The van der Waals surface area contributed by atoms with E-state index in [1.54, 1.807) is 0 Å². The molecule has 0 atom stereocenters. The first-order chi connectivity index (χ1) is 7.43. The lowest BCUT2D eigenvalue weighted by Gasteiger charge is -2.33. The Kier molecular flexibility index (Phi) is 2.57. The molecule has 1 heterocycles. The van der Waals surface area contributed by atoms with E-state index in [-0.39, 0.29) is 5.54 Å². The van der Waals surface area contributed by atoms with E-state index in [9.17, 15) is 0 Å². The Morgan fingerprint density at radius 2 is 1.88 bits per heavy atom. The molecule has 0 radical (unpaired) electrons. The normalized spacial score (nSPS) is 17.4. The predicted octanol–water partition coefficient (Wildman–Crippen LogP) is 4.16. The fraction of sp³-hybridized carbons (Fsp3) is 0.467. The third-order valence-corrected chi connectivity index (χ3v) is 3.25. The zero-order valence-electron chi connectivity index (χ0n) is 10.9. The van der Waals surface area contributed by atoms with Crippen molar-refractivity contribution in [3.8, 4) is 0 Å². The highest BCUT2D eigenvalue weighted by atomic mass is 15.0. The van der Waals surface area contributed by atoms with E-state index in [1.807, 2.05) is 0 Å². The van der Waals surface area contributed by atoms with Crippen molar-refractivity contribution in [1.29, 1.82) is 0 Å². The molecule has 1 nitrogen and oxygen atoms in total. The number of nitrogens with one attached hydrogen (secondary N) is 1. The van der Waals surface area contributed by atoms with E-state index in [2.05, 4.69) is 58.1 Å². The lowest BCUT2D eigenvalue weighted by atomic mass is 9.88. The van der Waals surface area contributed by atoms with Gasteiger partial charge >= 0.3 is 0 Å². The molecule has 0 aliphatic carbocycles. The number of hydrogen-bond acceptors (Lipinski definition) is 1. The molecule has 0 amide bonds. The SMILES string of the molecule is CCc1cc(C)c2c(c1)C(C)=CC(C)(C)N2. The van der Waals surface area contributed by atoms with Gasteiger partial charge in [0.2, 0.25) is 0 Å². The van der Waals surface area contributed by atoms with Crippen LogP contribution in [0.2, 0.25) is 0 Å². The van der Waals surface area contributed by atoms with E-state index >= 15 is 0 Å². The predicted molar refractivity (Wildman–Crippen MR) is 71.9 cm³/mol. The van der Waals surface area contributed by atoms with Crippen molar-refractivity contribution in [2.75, 3.05) is 5.32 Å². The highest BCUT2D eigenvalue weighted by molar-refractivity contribution is 5.82. The zero-order chi connectivity index (χ0) is 11.9. The van der Waals surface area contributed by atoms with E-state index in [0.29, 0.717) is 0 Å². The molecule has 1 aromatic carbocycles. The first kappa shape index (κ1) is 11.3. The lowest BCUT2D eigenvalue weighted by Crippen LogP contribution is -2.32. The Morgan fingerprint density at radius 3 is 2.50 bits per heavy atom. The molecule has 0 aromatic heterocycles. The number of hydrogen-bond donors (Lipinski definition) is 1. The van der Waals surface area contributed by atoms with Gasteiger partial charge in [0.25, 0.3) is 0 Å². The van der Waals surface area contributed by atoms with Crippen LogP contribution in [-0.2, 0) is 6.42 Å². The number of benzene rings is 1. The average Bonchev–Trinajstić information content (AvgIpc) is 2.18. The molecule has 2 rings (SSSR count). The number of aryl methyl sites for hydroxylation is 2. The van der Waals surface area contributed by atoms with Crippen LogP contribution < -0.4 is 5.32 Å². The van der Waals surface area contributed by atoms with Gasteiger partial charge in [-0.05, 0) is 56.9 Å². The van der Waals surface area contributed by atoms with Crippen LogP contribution in [0.5, 0.6) is 0 Å². The van der Waals surface area contributed by atoms with Gasteiger partial charge in [-0.25, -0.2) is 0 Å². The second kappa shape index (κ2) is 3.65. The van der Waals surface area contributed by atoms with E-state index in [1.165, 1.54) is 28.0 Å². The third kappa shape index (κ3) is 1.87. The van der Waals surface area contributed by atoms with Gasteiger partial charge in [0.1, 0.15) is 0 Å². The van der Waals surface area contributed by atoms with Crippen LogP contribution in [0.25, 0.3) is 5.57 Å². The van der Waals surface area contributed by atoms with Gasteiger partial charge < -0.3 is 5.32 Å². The standard InChI is InChI=1S/C15H21N/c1-6-12-7-10(2)14-13(8-12)11(3)9-15(4,5)16-14/h7-9,16H,6H2,1-5H3. The van der Waals surface area contributed by atoms with Crippen molar-refractivity contribution in [2.24, 2.45) is 0 Å². The minimum atomic E-state index is 0.0651. The minimum absolute atomic E-state index is 0.0651. The van der Waals surface area contributed by atoms with Crippen LogP contribution >= 0.6 is 0 Å². The van der Waals surface area contributed by atoms with Crippen LogP contribution in [0.15, 0.2) is 18.2 Å². The summed E-state index contributed by atoms with van der Waals surface area (Å²) in [5.74, 6) is 0. The zero-order valence-corrected chi connectivity index (χ0v) is 10.9. The summed E-state index contributed by atoms with van der Waals surface area (Å²) in [6.45, 7) is 11.0. The summed E-state index contributed by atoms with van der Waals surface area (Å²) in [5, 5.41) is 3.61. The van der Waals surface area contributed by atoms with Crippen LogP contribution in [0.3, 0.4) is 0 Å². The van der Waals surface area contributed by atoms with Gasteiger partial charge in [-0.2, -0.15) is 0 Å². The summed E-state index contributed by atoms with van der Waals surface area (Å²) < 4.78 is 0. The maximum atomic E-state index is 3.61. The van der Waals surface area contributed by atoms with Crippen molar-refractivity contribution in [1.82, 2.24) is 0 Å². The molecule has 86 valence electrons. The quantitative estimate of drug-likeness (QED) is 0.741. The molecule has 0 fully saturated rings. The molecule has 16 heavy (non-hydrogen) atoms. The van der Waals surface area contributed by atoms with E-state index < -0.39 is 0 Å². The summed E-state index contributed by atoms with van der Waals surface area (Å²) in [6, 6.07) is 4.61. The molecule has 1 aliphatic heterocycles. The van der Waals surface area contributed by atoms with Gasteiger partial charge in [-0.15, -0.1) is 0 Å². The molecule has 0 saturated carbocycles. The van der Waals surface area contributed by atoms with Crippen molar-refractivity contribution < 1.29 is 0 Å². The second-order valence-electron chi connectivity index (χ2n) is 5.36. The molecule has 1 N–H and O–H groups in total. The third-order valence-electron chi connectivity index (χ3n) is 3.25. The van der Waals surface area contributed by atoms with Crippen LogP contribution in [0.4, 0.5) is 5.69 Å². The summed E-state index contributed by atoms with van der Waals surface area (Å²) in [4.78, 5) is 0. The molecular formula is C15H21N. The summed E-state index contributed by atoms with van der Waals surface area (Å²) in [7, 11) is 0. The van der Waals surface area contributed by atoms with Crippen LogP contribution in [-0.4, -0.2) is 5.54 Å². The van der Waals surface area contributed by atoms with Gasteiger partial charge in [0.15, 0.2) is 0 Å². The maximum absolute atomic E-state index is 3.61. The van der Waals surface area contributed by atoms with Crippen LogP contribution in [0, 0.1) is 6.92 Å². The molecule has 1 aliphatic rings. The maximum Gasteiger partial charge on any atom is 0.0506 e. The fourth-order valence-electron chi connectivity index (χ4n) is 2.52. The highest BCUT2D eigenvalue weighted by Gasteiger charge is 2.23. The summed E-state index contributed by atoms with van der Waals surface area (Å²) in [5.41, 5.74) is 6.91. The molecule has 0 saturated heterocycles. The second-order valence-corrected chi connectivity index (χ2v) is 5.36. The molecule has 1 heteroatoms. The Labute approximate surface area is 98.6 Å². The first-order valence-corrected chi connectivity index (χ1v) is 6.04. The Balaban J connectivity index is 2.61. The van der Waals surface area contributed by atoms with E-state index in [0.717, 1.165) is 6.42 Å². The smallest absolute Gasteiger partial charge is 0.0506 e. The first-order valence-electron chi connectivity index (χ1n) is 6.04. The number of fused-ring (bicyclic) bond motifs is 1. The van der Waals surface area contributed by atoms with Gasteiger partial charge in [-0.1, -0.05) is 19.1 Å². The summed E-state index contributed by atoms with van der Waals surface area (Å²) >= 11 is 0.